The van der Waals surface area contributed by atoms with Crippen molar-refractivity contribution in [1.82, 2.24) is 0 Å². The highest BCUT2D eigenvalue weighted by molar-refractivity contribution is 6.34. The molecule has 1 aromatic rings. The van der Waals surface area contributed by atoms with Gasteiger partial charge in [-0.2, -0.15) is 5.26 Å². The maximum atomic E-state index is 10.7. The Labute approximate surface area is 80.2 Å². The Morgan fingerprint density at radius 3 is 2.69 bits per heavy atom. The van der Waals surface area contributed by atoms with Gasteiger partial charge in [0.2, 0.25) is 0 Å². The molecule has 0 aliphatic heterocycles. The summed E-state index contributed by atoms with van der Waals surface area (Å²) in [5, 5.41) is 17.5. The molecule has 0 spiro atoms. The molecule has 0 unspecified atom stereocenters. The fraction of sp³-hybridized carbons (Fsp3) is 0.111. The first-order valence-electron chi connectivity index (χ1n) is 3.50. The van der Waals surface area contributed by atoms with E-state index in [1.165, 1.54) is 6.07 Å². The Morgan fingerprint density at radius 2 is 2.23 bits per heavy atom. The third-order valence-corrected chi connectivity index (χ3v) is 2.16. The Bertz CT molecular complexity index is 407. The van der Waals surface area contributed by atoms with E-state index in [1.54, 1.807) is 19.1 Å². The molecule has 0 heterocycles. The Morgan fingerprint density at radius 1 is 1.62 bits per heavy atom. The second-order valence-electron chi connectivity index (χ2n) is 2.54. The lowest BCUT2D eigenvalue weighted by atomic mass is 10.1. The van der Waals surface area contributed by atoms with Crippen molar-refractivity contribution in [2.24, 2.45) is 0 Å². The minimum Gasteiger partial charge on any atom is -0.478 e. The lowest BCUT2D eigenvalue weighted by Gasteiger charge is -2.03. The number of rotatable bonds is 1. The van der Waals surface area contributed by atoms with Crippen molar-refractivity contribution >= 4 is 17.6 Å². The van der Waals surface area contributed by atoms with Gasteiger partial charge in [-0.15, -0.1) is 0 Å². The summed E-state index contributed by atoms with van der Waals surface area (Å²) in [6.45, 7) is 1.69. The maximum absolute atomic E-state index is 10.7. The predicted molar refractivity (Wildman–Crippen MR) is 47.9 cm³/mol. The van der Waals surface area contributed by atoms with Crippen LogP contribution in [0.5, 0.6) is 0 Å². The lowest BCUT2D eigenvalue weighted by Crippen LogP contribution is -2.02. The van der Waals surface area contributed by atoms with Crippen LogP contribution in [0.25, 0.3) is 0 Å². The van der Waals surface area contributed by atoms with Crippen LogP contribution in [-0.4, -0.2) is 11.1 Å². The molecule has 0 radical (unpaired) electrons. The van der Waals surface area contributed by atoms with E-state index in [9.17, 15) is 4.79 Å². The number of carboxylic acids is 1. The number of aromatic carboxylic acids is 1. The molecular weight excluding hydrogens is 190 g/mol. The summed E-state index contributed by atoms with van der Waals surface area (Å²) in [5.74, 6) is -1.18. The smallest absolute Gasteiger partial charge is 0.338 e. The third kappa shape index (κ3) is 1.63. The van der Waals surface area contributed by atoms with E-state index in [4.69, 9.17) is 22.0 Å². The molecule has 0 saturated heterocycles. The number of carboxylic acid groups (broad SMARTS) is 1. The molecule has 3 nitrogen and oxygen atoms in total. The normalized spacial score (nSPS) is 9.31. The van der Waals surface area contributed by atoms with Crippen LogP contribution in [0, 0.1) is 18.3 Å². The van der Waals surface area contributed by atoms with Gasteiger partial charge in [0, 0.05) is 0 Å². The van der Waals surface area contributed by atoms with E-state index in [0.717, 1.165) is 0 Å². The van der Waals surface area contributed by atoms with E-state index in [0.29, 0.717) is 5.56 Å². The fourth-order valence-electron chi connectivity index (χ4n) is 0.982. The van der Waals surface area contributed by atoms with Crippen LogP contribution < -0.4 is 0 Å². The monoisotopic (exact) mass is 195 g/mol. The Hall–Kier alpha value is -1.53. The second kappa shape index (κ2) is 3.46. The fourth-order valence-corrected chi connectivity index (χ4v) is 1.23. The van der Waals surface area contributed by atoms with Gasteiger partial charge in [0.25, 0.3) is 0 Å². The highest BCUT2D eigenvalue weighted by Crippen LogP contribution is 2.23. The molecule has 1 aromatic carbocycles. The van der Waals surface area contributed by atoms with Crippen molar-refractivity contribution in [3.05, 3.63) is 33.8 Å². The quantitative estimate of drug-likeness (QED) is 0.748. The summed E-state index contributed by atoms with van der Waals surface area (Å²) in [7, 11) is 0. The second-order valence-corrected chi connectivity index (χ2v) is 2.91. The number of hydrogen-bond acceptors (Lipinski definition) is 2. The van der Waals surface area contributed by atoms with Gasteiger partial charge in [-0.05, 0) is 18.6 Å². The zero-order valence-corrected chi connectivity index (χ0v) is 7.59. The number of nitrogens with zero attached hydrogens (tertiary/aromatic N) is 1. The van der Waals surface area contributed by atoms with Crippen molar-refractivity contribution in [3.8, 4) is 6.07 Å². The van der Waals surface area contributed by atoms with Gasteiger partial charge in [0.15, 0.2) is 0 Å². The first kappa shape index (κ1) is 9.56. The molecule has 0 saturated carbocycles. The summed E-state index contributed by atoms with van der Waals surface area (Å²) in [6, 6.07) is 4.85. The summed E-state index contributed by atoms with van der Waals surface area (Å²) in [5.41, 5.74) is 0.616. The van der Waals surface area contributed by atoms with Crippen molar-refractivity contribution in [1.29, 1.82) is 5.26 Å². The number of aryl methyl sites for hydroxylation is 1. The molecule has 0 bridgehead atoms. The van der Waals surface area contributed by atoms with E-state index >= 15 is 0 Å². The van der Waals surface area contributed by atoms with Crippen LogP contribution in [0.15, 0.2) is 12.1 Å². The summed E-state index contributed by atoms with van der Waals surface area (Å²) < 4.78 is 0. The van der Waals surface area contributed by atoms with Crippen LogP contribution in [0.3, 0.4) is 0 Å². The summed E-state index contributed by atoms with van der Waals surface area (Å²) in [6.07, 6.45) is 0. The van der Waals surface area contributed by atoms with Crippen LogP contribution in [0.2, 0.25) is 5.02 Å². The molecule has 0 aliphatic carbocycles. The SMILES string of the molecule is Cc1ccc(C#N)c(C(=O)O)c1Cl. The third-order valence-electron chi connectivity index (χ3n) is 1.67. The molecule has 0 aromatic heterocycles. The molecule has 4 heteroatoms. The standard InChI is InChI=1S/C9H6ClNO2/c1-5-2-3-6(4-11)7(8(5)10)9(12)13/h2-3H,1H3,(H,12,13). The molecule has 66 valence electrons. The van der Waals surface area contributed by atoms with Gasteiger partial charge >= 0.3 is 5.97 Å². The summed E-state index contributed by atoms with van der Waals surface area (Å²) in [4.78, 5) is 10.7. The van der Waals surface area contributed by atoms with Crippen molar-refractivity contribution < 1.29 is 9.90 Å². The van der Waals surface area contributed by atoms with E-state index in [2.05, 4.69) is 0 Å². The van der Waals surface area contributed by atoms with Crippen LogP contribution in [-0.2, 0) is 0 Å². The zero-order valence-electron chi connectivity index (χ0n) is 6.84. The molecule has 1 N–H and O–H groups in total. The average Bonchev–Trinajstić information content (AvgIpc) is 2.08. The average molecular weight is 196 g/mol. The van der Waals surface area contributed by atoms with Crippen LogP contribution in [0.1, 0.15) is 21.5 Å². The molecule has 1 rings (SSSR count). The summed E-state index contributed by atoms with van der Waals surface area (Å²) >= 11 is 5.74. The van der Waals surface area contributed by atoms with E-state index in [1.807, 2.05) is 0 Å². The van der Waals surface area contributed by atoms with Crippen molar-refractivity contribution in [2.45, 2.75) is 6.92 Å². The predicted octanol–water partition coefficient (Wildman–Crippen LogP) is 2.22. The molecule has 0 atom stereocenters. The molecular formula is C9H6ClNO2. The highest BCUT2D eigenvalue weighted by Gasteiger charge is 2.15. The van der Waals surface area contributed by atoms with Gasteiger partial charge in [-0.25, -0.2) is 4.79 Å². The van der Waals surface area contributed by atoms with Gasteiger partial charge in [-0.1, -0.05) is 17.7 Å². The van der Waals surface area contributed by atoms with Crippen molar-refractivity contribution in [3.63, 3.8) is 0 Å². The maximum Gasteiger partial charge on any atom is 0.338 e. The molecule has 0 aliphatic rings. The first-order valence-corrected chi connectivity index (χ1v) is 3.88. The lowest BCUT2D eigenvalue weighted by molar-refractivity contribution is 0.0696. The molecule has 0 amide bonds. The van der Waals surface area contributed by atoms with Gasteiger partial charge in [0.05, 0.1) is 16.1 Å². The zero-order chi connectivity index (χ0) is 10.0. The highest BCUT2D eigenvalue weighted by atomic mass is 35.5. The topological polar surface area (TPSA) is 61.1 Å². The van der Waals surface area contributed by atoms with E-state index in [-0.39, 0.29) is 16.1 Å². The van der Waals surface area contributed by atoms with Gasteiger partial charge in [-0.3, -0.25) is 0 Å². The molecule has 13 heavy (non-hydrogen) atoms. The van der Waals surface area contributed by atoms with E-state index < -0.39 is 5.97 Å². The van der Waals surface area contributed by atoms with Gasteiger partial charge in [0.1, 0.15) is 6.07 Å². The number of hydrogen-bond donors (Lipinski definition) is 1. The number of nitriles is 1. The molecule has 0 fully saturated rings. The number of halogens is 1. The number of benzene rings is 1. The van der Waals surface area contributed by atoms with Gasteiger partial charge < -0.3 is 5.11 Å². The Balaban J connectivity index is 3.53. The van der Waals surface area contributed by atoms with Crippen LogP contribution >= 0.6 is 11.6 Å². The Kier molecular flexibility index (Phi) is 2.54. The van der Waals surface area contributed by atoms with Crippen LogP contribution in [0.4, 0.5) is 0 Å². The number of carbonyl (C=O) groups is 1. The van der Waals surface area contributed by atoms with Crippen molar-refractivity contribution in [2.75, 3.05) is 0 Å². The first-order chi connectivity index (χ1) is 6.07. The minimum absolute atomic E-state index is 0.0862. The largest absolute Gasteiger partial charge is 0.478 e. The minimum atomic E-state index is -1.18.